The number of benzene rings is 2. The summed E-state index contributed by atoms with van der Waals surface area (Å²) in [4.78, 5) is 20.0. The Kier molecular flexibility index (Phi) is 7.57. The molecule has 4 rings (SSSR count). The minimum Gasteiger partial charge on any atom is -0.379 e. The lowest BCUT2D eigenvalue weighted by molar-refractivity contribution is -0.123. The summed E-state index contributed by atoms with van der Waals surface area (Å²) in [5, 5.41) is 3.29. The zero-order chi connectivity index (χ0) is 21.5. The van der Waals surface area contributed by atoms with E-state index >= 15 is 0 Å². The molecule has 2 saturated heterocycles. The van der Waals surface area contributed by atoms with Crippen molar-refractivity contribution < 1.29 is 9.53 Å². The molecule has 6 nitrogen and oxygen atoms in total. The van der Waals surface area contributed by atoms with Gasteiger partial charge in [0.15, 0.2) is 0 Å². The second-order valence-electron chi connectivity index (χ2n) is 8.46. The third kappa shape index (κ3) is 5.85. The molecule has 1 amide bonds. The van der Waals surface area contributed by atoms with Crippen LogP contribution in [-0.4, -0.2) is 80.8 Å². The Morgan fingerprint density at radius 3 is 2.16 bits per heavy atom. The van der Waals surface area contributed by atoms with Gasteiger partial charge in [0.2, 0.25) is 5.91 Å². The lowest BCUT2D eigenvalue weighted by Gasteiger charge is -2.39. The average molecular weight is 423 g/mol. The standard InChI is InChI=1S/C25H34N4O2/c1-21(25(22-8-4-2-5-9-22)29-16-18-31-19-17-29)26-24(30)20-27-12-14-28(15-13-27)23-10-6-3-7-11-23/h2-11,21,25H,12-20H2,1H3,(H,26,30)/t21-,25+/m0/s1. The van der Waals surface area contributed by atoms with Crippen molar-refractivity contribution in [2.45, 2.75) is 19.0 Å². The van der Waals surface area contributed by atoms with E-state index in [0.29, 0.717) is 6.54 Å². The zero-order valence-corrected chi connectivity index (χ0v) is 18.5. The molecule has 31 heavy (non-hydrogen) atoms. The van der Waals surface area contributed by atoms with Crippen LogP contribution in [0.15, 0.2) is 60.7 Å². The third-order valence-electron chi connectivity index (χ3n) is 6.30. The van der Waals surface area contributed by atoms with Gasteiger partial charge in [0.1, 0.15) is 0 Å². The Bertz CT molecular complexity index is 803. The van der Waals surface area contributed by atoms with Gasteiger partial charge >= 0.3 is 0 Å². The molecule has 0 unspecified atom stereocenters. The SMILES string of the molecule is C[C@H](NC(=O)CN1CCN(c2ccccc2)CC1)[C@H](c1ccccc1)N1CCOCC1. The van der Waals surface area contributed by atoms with Crippen molar-refractivity contribution in [2.75, 3.05) is 63.9 Å². The summed E-state index contributed by atoms with van der Waals surface area (Å²) < 4.78 is 5.55. The van der Waals surface area contributed by atoms with Crippen LogP contribution in [0.4, 0.5) is 5.69 Å². The molecule has 2 fully saturated rings. The van der Waals surface area contributed by atoms with Crippen LogP contribution in [-0.2, 0) is 9.53 Å². The molecule has 1 N–H and O–H groups in total. The van der Waals surface area contributed by atoms with Gasteiger partial charge in [0.05, 0.1) is 25.8 Å². The number of hydrogen-bond acceptors (Lipinski definition) is 5. The van der Waals surface area contributed by atoms with Crippen molar-refractivity contribution in [1.29, 1.82) is 0 Å². The normalized spacial score (nSPS) is 20.2. The van der Waals surface area contributed by atoms with Gasteiger partial charge < -0.3 is 15.0 Å². The number of ether oxygens (including phenoxy) is 1. The second-order valence-corrected chi connectivity index (χ2v) is 8.46. The molecule has 0 aromatic heterocycles. The molecule has 2 aliphatic heterocycles. The predicted molar refractivity (Wildman–Crippen MR) is 124 cm³/mol. The number of carbonyl (C=O) groups is 1. The maximum atomic E-state index is 12.9. The molecule has 0 radical (unpaired) electrons. The number of rotatable bonds is 7. The first kappa shape index (κ1) is 21.8. The minimum atomic E-state index is 0.0265. The van der Waals surface area contributed by atoms with E-state index in [2.05, 4.69) is 75.5 Å². The van der Waals surface area contributed by atoms with Crippen molar-refractivity contribution in [3.05, 3.63) is 66.2 Å². The summed E-state index contributed by atoms with van der Waals surface area (Å²) in [6.45, 7) is 9.56. The maximum Gasteiger partial charge on any atom is 0.234 e. The maximum absolute atomic E-state index is 12.9. The quantitative estimate of drug-likeness (QED) is 0.743. The van der Waals surface area contributed by atoms with E-state index in [1.54, 1.807) is 0 Å². The summed E-state index contributed by atoms with van der Waals surface area (Å²) in [7, 11) is 0. The van der Waals surface area contributed by atoms with E-state index in [1.165, 1.54) is 11.3 Å². The molecule has 0 saturated carbocycles. The highest BCUT2D eigenvalue weighted by Crippen LogP contribution is 2.25. The fourth-order valence-corrected chi connectivity index (χ4v) is 4.71. The molecule has 0 aliphatic carbocycles. The lowest BCUT2D eigenvalue weighted by atomic mass is 9.98. The molecule has 2 aromatic rings. The van der Waals surface area contributed by atoms with E-state index in [9.17, 15) is 4.79 Å². The molecular formula is C25H34N4O2. The number of carbonyl (C=O) groups excluding carboxylic acids is 1. The molecule has 166 valence electrons. The van der Waals surface area contributed by atoms with E-state index in [0.717, 1.165) is 52.5 Å². The summed E-state index contributed by atoms with van der Waals surface area (Å²) in [6.07, 6.45) is 0. The molecule has 2 aliphatic rings. The molecule has 2 heterocycles. The number of amides is 1. The Morgan fingerprint density at radius 2 is 1.52 bits per heavy atom. The van der Waals surface area contributed by atoms with Crippen LogP contribution in [0.3, 0.4) is 0 Å². The van der Waals surface area contributed by atoms with E-state index in [1.807, 2.05) is 12.1 Å². The van der Waals surface area contributed by atoms with Crippen LogP contribution in [0.1, 0.15) is 18.5 Å². The average Bonchev–Trinajstić information content (AvgIpc) is 2.82. The van der Waals surface area contributed by atoms with Crippen molar-refractivity contribution >= 4 is 11.6 Å². The number of para-hydroxylation sites is 1. The van der Waals surface area contributed by atoms with Crippen LogP contribution in [0.5, 0.6) is 0 Å². The number of nitrogens with zero attached hydrogens (tertiary/aromatic N) is 3. The number of morpholine rings is 1. The van der Waals surface area contributed by atoms with Crippen molar-refractivity contribution in [1.82, 2.24) is 15.1 Å². The molecule has 0 bridgehead atoms. The van der Waals surface area contributed by atoms with Gasteiger partial charge in [0, 0.05) is 51.0 Å². The highest BCUT2D eigenvalue weighted by atomic mass is 16.5. The first-order valence-electron chi connectivity index (χ1n) is 11.4. The number of piperazine rings is 1. The van der Waals surface area contributed by atoms with Crippen LogP contribution in [0, 0.1) is 0 Å². The smallest absolute Gasteiger partial charge is 0.234 e. The van der Waals surface area contributed by atoms with Crippen LogP contribution < -0.4 is 10.2 Å². The van der Waals surface area contributed by atoms with Gasteiger partial charge in [-0.2, -0.15) is 0 Å². The molecule has 6 heteroatoms. The van der Waals surface area contributed by atoms with Crippen LogP contribution in [0.2, 0.25) is 0 Å². The Labute approximate surface area is 185 Å². The fourth-order valence-electron chi connectivity index (χ4n) is 4.71. The fraction of sp³-hybridized carbons (Fsp3) is 0.480. The van der Waals surface area contributed by atoms with Crippen molar-refractivity contribution in [3.8, 4) is 0 Å². The number of anilines is 1. The zero-order valence-electron chi connectivity index (χ0n) is 18.5. The second kappa shape index (κ2) is 10.8. The van der Waals surface area contributed by atoms with Gasteiger partial charge in [-0.05, 0) is 24.6 Å². The van der Waals surface area contributed by atoms with Gasteiger partial charge in [-0.15, -0.1) is 0 Å². The van der Waals surface area contributed by atoms with Crippen molar-refractivity contribution in [2.24, 2.45) is 0 Å². The van der Waals surface area contributed by atoms with Gasteiger partial charge in [0.25, 0.3) is 0 Å². The van der Waals surface area contributed by atoms with Gasteiger partial charge in [-0.1, -0.05) is 48.5 Å². The van der Waals surface area contributed by atoms with Crippen molar-refractivity contribution in [3.63, 3.8) is 0 Å². The molecule has 2 aromatic carbocycles. The largest absolute Gasteiger partial charge is 0.379 e. The summed E-state index contributed by atoms with van der Waals surface area (Å²) in [6, 6.07) is 21.2. The molecule has 2 atom stereocenters. The number of hydrogen-bond donors (Lipinski definition) is 1. The Hall–Kier alpha value is -2.41. The number of nitrogens with one attached hydrogen (secondary N) is 1. The topological polar surface area (TPSA) is 48.1 Å². The van der Waals surface area contributed by atoms with E-state index in [4.69, 9.17) is 4.74 Å². The van der Waals surface area contributed by atoms with Gasteiger partial charge in [-0.3, -0.25) is 14.6 Å². The Balaban J connectivity index is 1.31. The summed E-state index contributed by atoms with van der Waals surface area (Å²) >= 11 is 0. The van der Waals surface area contributed by atoms with E-state index < -0.39 is 0 Å². The molecular weight excluding hydrogens is 388 g/mol. The summed E-state index contributed by atoms with van der Waals surface area (Å²) in [5.41, 5.74) is 2.50. The predicted octanol–water partition coefficient (Wildman–Crippen LogP) is 2.39. The first-order chi connectivity index (χ1) is 15.2. The van der Waals surface area contributed by atoms with E-state index in [-0.39, 0.29) is 18.0 Å². The third-order valence-corrected chi connectivity index (χ3v) is 6.30. The van der Waals surface area contributed by atoms with Crippen LogP contribution in [0.25, 0.3) is 0 Å². The minimum absolute atomic E-state index is 0.0265. The highest BCUT2D eigenvalue weighted by Gasteiger charge is 2.29. The first-order valence-corrected chi connectivity index (χ1v) is 11.4. The lowest BCUT2D eigenvalue weighted by Crippen LogP contribution is -2.52. The van der Waals surface area contributed by atoms with Gasteiger partial charge in [-0.25, -0.2) is 0 Å². The monoisotopic (exact) mass is 422 g/mol. The highest BCUT2D eigenvalue weighted by molar-refractivity contribution is 5.78. The summed E-state index contributed by atoms with van der Waals surface area (Å²) in [5.74, 6) is 0.106. The Morgan fingerprint density at radius 1 is 0.903 bits per heavy atom. The van der Waals surface area contributed by atoms with Crippen LogP contribution >= 0.6 is 0 Å². The molecule has 0 spiro atoms.